The quantitative estimate of drug-likeness (QED) is 0.775. The highest BCUT2D eigenvalue weighted by Gasteiger charge is 2.30. The van der Waals surface area contributed by atoms with Gasteiger partial charge in [0.05, 0.1) is 11.0 Å². The summed E-state index contributed by atoms with van der Waals surface area (Å²) in [4.78, 5) is 36.7. The monoisotopic (exact) mass is 361 g/mol. The lowest BCUT2D eigenvalue weighted by atomic mass is 10.2. The van der Waals surface area contributed by atoms with E-state index in [1.807, 2.05) is 31.2 Å². The van der Waals surface area contributed by atoms with E-state index < -0.39 is 0 Å². The van der Waals surface area contributed by atoms with E-state index in [1.54, 1.807) is 40.4 Å². The summed E-state index contributed by atoms with van der Waals surface area (Å²) in [5, 5.41) is 2.82. The van der Waals surface area contributed by atoms with Crippen molar-refractivity contribution in [2.45, 2.75) is 6.92 Å². The Kier molecular flexibility index (Phi) is 4.42. The van der Waals surface area contributed by atoms with Gasteiger partial charge in [-0.25, -0.2) is 4.79 Å². The first-order valence-corrected chi connectivity index (χ1v) is 8.74. The standard InChI is InChI=1S/C20H19N5O2/c1-14-2-5-16(6-3-14)25-11-10-24(20(25)27)13-19(26)23-15-4-7-17-18(12-15)22-9-8-21-17/h2-9,12H,10-11,13H2,1H3,(H,23,26). The topological polar surface area (TPSA) is 78.4 Å². The number of hydrogen-bond acceptors (Lipinski definition) is 4. The summed E-state index contributed by atoms with van der Waals surface area (Å²) in [6.07, 6.45) is 3.23. The second kappa shape index (κ2) is 7.03. The number of amides is 3. The zero-order chi connectivity index (χ0) is 18.8. The third kappa shape index (κ3) is 3.57. The molecule has 0 unspecified atom stereocenters. The summed E-state index contributed by atoms with van der Waals surface area (Å²) >= 11 is 0. The number of hydrogen-bond donors (Lipinski definition) is 1. The van der Waals surface area contributed by atoms with E-state index in [1.165, 1.54) is 0 Å². The van der Waals surface area contributed by atoms with Gasteiger partial charge in [0.2, 0.25) is 5.91 Å². The van der Waals surface area contributed by atoms with Crippen molar-refractivity contribution in [1.82, 2.24) is 14.9 Å². The van der Waals surface area contributed by atoms with Gasteiger partial charge in [0.25, 0.3) is 0 Å². The molecule has 0 spiro atoms. The van der Waals surface area contributed by atoms with Gasteiger partial charge in [-0.05, 0) is 37.3 Å². The lowest BCUT2D eigenvalue weighted by molar-refractivity contribution is -0.116. The SMILES string of the molecule is Cc1ccc(N2CCN(CC(=O)Nc3ccc4nccnc4c3)C2=O)cc1. The molecule has 0 atom stereocenters. The molecular weight excluding hydrogens is 342 g/mol. The lowest BCUT2D eigenvalue weighted by Crippen LogP contribution is -2.37. The fourth-order valence-electron chi connectivity index (χ4n) is 3.11. The highest BCUT2D eigenvalue weighted by atomic mass is 16.2. The number of carbonyl (C=O) groups excluding carboxylic acids is 2. The number of nitrogens with one attached hydrogen (secondary N) is 1. The van der Waals surface area contributed by atoms with Crippen molar-refractivity contribution in [3.8, 4) is 0 Å². The van der Waals surface area contributed by atoms with Crippen LogP contribution in [0, 0.1) is 6.92 Å². The summed E-state index contributed by atoms with van der Waals surface area (Å²) < 4.78 is 0. The van der Waals surface area contributed by atoms with Crippen LogP contribution >= 0.6 is 0 Å². The molecule has 136 valence electrons. The van der Waals surface area contributed by atoms with Crippen LogP contribution in [-0.2, 0) is 4.79 Å². The maximum Gasteiger partial charge on any atom is 0.325 e. The lowest BCUT2D eigenvalue weighted by Gasteiger charge is -2.18. The molecule has 27 heavy (non-hydrogen) atoms. The Morgan fingerprint density at radius 2 is 1.78 bits per heavy atom. The Hall–Kier alpha value is -3.48. The van der Waals surface area contributed by atoms with Gasteiger partial charge in [-0.15, -0.1) is 0 Å². The van der Waals surface area contributed by atoms with Crippen molar-refractivity contribution < 1.29 is 9.59 Å². The van der Waals surface area contributed by atoms with Crippen LogP contribution in [0.1, 0.15) is 5.56 Å². The van der Waals surface area contributed by atoms with E-state index >= 15 is 0 Å². The summed E-state index contributed by atoms with van der Waals surface area (Å²) in [5.74, 6) is -0.239. The molecule has 3 amide bonds. The molecular formula is C20H19N5O2. The molecule has 1 saturated heterocycles. The Labute approximate surface area is 156 Å². The van der Waals surface area contributed by atoms with Gasteiger partial charge >= 0.3 is 6.03 Å². The Morgan fingerprint density at radius 3 is 2.56 bits per heavy atom. The predicted octanol–water partition coefficient (Wildman–Crippen LogP) is 2.82. The zero-order valence-corrected chi connectivity index (χ0v) is 14.9. The van der Waals surface area contributed by atoms with E-state index in [0.717, 1.165) is 16.8 Å². The average molecular weight is 361 g/mol. The average Bonchev–Trinajstić information content (AvgIpc) is 3.02. The molecule has 3 aromatic rings. The van der Waals surface area contributed by atoms with Gasteiger partial charge in [-0.3, -0.25) is 19.7 Å². The Bertz CT molecular complexity index is 1000. The third-order valence-electron chi connectivity index (χ3n) is 4.53. The van der Waals surface area contributed by atoms with Crippen LogP contribution in [0.5, 0.6) is 0 Å². The molecule has 2 aromatic carbocycles. The largest absolute Gasteiger partial charge is 0.325 e. The van der Waals surface area contributed by atoms with Gasteiger partial charge in [-0.1, -0.05) is 17.7 Å². The Morgan fingerprint density at radius 1 is 1.04 bits per heavy atom. The minimum Gasteiger partial charge on any atom is -0.324 e. The molecule has 1 fully saturated rings. The van der Waals surface area contributed by atoms with Gasteiger partial charge in [0.15, 0.2) is 0 Å². The fourth-order valence-corrected chi connectivity index (χ4v) is 3.11. The van der Waals surface area contributed by atoms with E-state index in [9.17, 15) is 9.59 Å². The van der Waals surface area contributed by atoms with Crippen molar-refractivity contribution in [2.24, 2.45) is 0 Å². The van der Waals surface area contributed by atoms with Crippen LogP contribution in [0.25, 0.3) is 11.0 Å². The minimum atomic E-state index is -0.239. The number of anilines is 2. The van der Waals surface area contributed by atoms with Crippen molar-refractivity contribution >= 4 is 34.3 Å². The van der Waals surface area contributed by atoms with Crippen LogP contribution in [-0.4, -0.2) is 46.4 Å². The molecule has 2 heterocycles. The van der Waals surface area contributed by atoms with Crippen molar-refractivity contribution in [3.63, 3.8) is 0 Å². The number of fused-ring (bicyclic) bond motifs is 1. The number of aromatic nitrogens is 2. The van der Waals surface area contributed by atoms with Crippen molar-refractivity contribution in [1.29, 1.82) is 0 Å². The molecule has 1 N–H and O–H groups in total. The maximum atomic E-state index is 12.6. The first kappa shape index (κ1) is 17.0. The molecule has 0 saturated carbocycles. The van der Waals surface area contributed by atoms with E-state index in [2.05, 4.69) is 15.3 Å². The molecule has 1 aliphatic heterocycles. The van der Waals surface area contributed by atoms with E-state index in [-0.39, 0.29) is 18.5 Å². The van der Waals surface area contributed by atoms with Crippen LogP contribution in [0.15, 0.2) is 54.9 Å². The number of benzene rings is 2. The molecule has 0 aliphatic carbocycles. The maximum absolute atomic E-state index is 12.6. The van der Waals surface area contributed by atoms with Crippen LogP contribution in [0.2, 0.25) is 0 Å². The molecule has 0 radical (unpaired) electrons. The predicted molar refractivity (Wildman–Crippen MR) is 104 cm³/mol. The van der Waals surface area contributed by atoms with Gasteiger partial charge < -0.3 is 10.2 Å². The van der Waals surface area contributed by atoms with Crippen LogP contribution in [0.4, 0.5) is 16.2 Å². The molecule has 7 nitrogen and oxygen atoms in total. The van der Waals surface area contributed by atoms with Crippen molar-refractivity contribution in [3.05, 3.63) is 60.4 Å². The van der Waals surface area contributed by atoms with Gasteiger partial charge in [-0.2, -0.15) is 0 Å². The van der Waals surface area contributed by atoms with Crippen LogP contribution in [0.3, 0.4) is 0 Å². The number of rotatable bonds is 4. The molecule has 7 heteroatoms. The summed E-state index contributed by atoms with van der Waals surface area (Å²) in [6, 6.07) is 13.0. The smallest absolute Gasteiger partial charge is 0.324 e. The normalized spacial score (nSPS) is 14.0. The molecule has 0 bridgehead atoms. The number of carbonyl (C=O) groups is 2. The third-order valence-corrected chi connectivity index (χ3v) is 4.53. The zero-order valence-electron chi connectivity index (χ0n) is 14.9. The second-order valence-corrected chi connectivity index (χ2v) is 6.50. The molecule has 4 rings (SSSR count). The summed E-state index contributed by atoms with van der Waals surface area (Å²) in [5.41, 5.74) is 4.09. The Balaban J connectivity index is 1.40. The van der Waals surface area contributed by atoms with Crippen LogP contribution < -0.4 is 10.2 Å². The molecule has 1 aliphatic rings. The highest BCUT2D eigenvalue weighted by Crippen LogP contribution is 2.21. The van der Waals surface area contributed by atoms with Gasteiger partial charge in [0.1, 0.15) is 6.54 Å². The summed E-state index contributed by atoms with van der Waals surface area (Å²) in [6.45, 7) is 3.11. The summed E-state index contributed by atoms with van der Waals surface area (Å²) in [7, 11) is 0. The van der Waals surface area contributed by atoms with Gasteiger partial charge in [0, 0.05) is 36.9 Å². The second-order valence-electron chi connectivity index (χ2n) is 6.50. The highest BCUT2D eigenvalue weighted by molar-refractivity contribution is 5.99. The minimum absolute atomic E-state index is 0.0136. The van der Waals surface area contributed by atoms with Crippen molar-refractivity contribution in [2.75, 3.05) is 29.9 Å². The first-order valence-electron chi connectivity index (χ1n) is 8.74. The number of aryl methyl sites for hydroxylation is 1. The fraction of sp³-hybridized carbons (Fsp3) is 0.200. The van der Waals surface area contributed by atoms with E-state index in [0.29, 0.717) is 24.3 Å². The van der Waals surface area contributed by atoms with E-state index in [4.69, 9.17) is 0 Å². The number of nitrogens with zero attached hydrogens (tertiary/aromatic N) is 4. The number of urea groups is 1. The molecule has 1 aromatic heterocycles. The first-order chi connectivity index (χ1) is 13.1.